The van der Waals surface area contributed by atoms with Crippen molar-refractivity contribution in [1.82, 2.24) is 10.1 Å². The third-order valence-corrected chi connectivity index (χ3v) is 4.33. The van der Waals surface area contributed by atoms with Gasteiger partial charge in [-0.3, -0.25) is 0 Å². The van der Waals surface area contributed by atoms with E-state index in [-0.39, 0.29) is 6.54 Å². The van der Waals surface area contributed by atoms with Gasteiger partial charge >= 0.3 is 0 Å². The van der Waals surface area contributed by atoms with E-state index in [1.165, 1.54) is 0 Å². The van der Waals surface area contributed by atoms with E-state index in [2.05, 4.69) is 10.1 Å². The molecular weight excluding hydrogens is 366 g/mol. The molecule has 0 spiro atoms. The molecule has 0 aliphatic carbocycles. The van der Waals surface area contributed by atoms with E-state index < -0.39 is 0 Å². The molecule has 0 aliphatic heterocycles. The van der Waals surface area contributed by atoms with Crippen molar-refractivity contribution >= 4 is 0 Å². The number of aromatic nitrogens is 2. The maximum atomic E-state index is 6.16. The van der Waals surface area contributed by atoms with Crippen molar-refractivity contribution in [3.05, 3.63) is 95.9 Å². The van der Waals surface area contributed by atoms with E-state index in [1.54, 1.807) is 0 Å². The molecule has 146 valence electrons. The Labute approximate surface area is 168 Å². The predicted molar refractivity (Wildman–Crippen MR) is 109 cm³/mol. The van der Waals surface area contributed by atoms with E-state index in [4.69, 9.17) is 19.7 Å². The Bertz CT molecular complexity index is 1050. The summed E-state index contributed by atoms with van der Waals surface area (Å²) in [5.41, 5.74) is 8.41. The van der Waals surface area contributed by atoms with Crippen LogP contribution < -0.4 is 15.2 Å². The molecule has 0 fully saturated rings. The van der Waals surface area contributed by atoms with Gasteiger partial charge in [0.1, 0.15) is 13.2 Å². The lowest BCUT2D eigenvalue weighted by Crippen LogP contribution is -2.02. The molecule has 0 aliphatic rings. The summed E-state index contributed by atoms with van der Waals surface area (Å²) in [6.45, 7) is 0.991. The first-order chi connectivity index (χ1) is 14.3. The van der Waals surface area contributed by atoms with Gasteiger partial charge in [0.15, 0.2) is 11.5 Å². The van der Waals surface area contributed by atoms with Crippen LogP contribution in [-0.2, 0) is 19.8 Å². The minimum atomic E-state index is 0.178. The molecule has 0 atom stereocenters. The number of benzene rings is 3. The molecule has 6 nitrogen and oxygen atoms in total. The van der Waals surface area contributed by atoms with Crippen LogP contribution in [0.15, 0.2) is 83.4 Å². The fourth-order valence-electron chi connectivity index (χ4n) is 2.87. The first-order valence-electron chi connectivity index (χ1n) is 9.33. The monoisotopic (exact) mass is 387 g/mol. The van der Waals surface area contributed by atoms with Crippen molar-refractivity contribution in [3.8, 4) is 22.9 Å². The minimum absolute atomic E-state index is 0.178. The Morgan fingerprint density at radius 1 is 0.759 bits per heavy atom. The highest BCUT2D eigenvalue weighted by atomic mass is 16.5. The largest absolute Gasteiger partial charge is 0.485 e. The SMILES string of the molecule is NCc1nc(-c2cccc(OCc3ccccc3)c2OCc2ccccc2)no1. The zero-order chi connectivity index (χ0) is 19.9. The third-order valence-electron chi connectivity index (χ3n) is 4.33. The second-order valence-electron chi connectivity index (χ2n) is 6.40. The van der Waals surface area contributed by atoms with Crippen LogP contribution in [0.1, 0.15) is 17.0 Å². The van der Waals surface area contributed by atoms with Crippen molar-refractivity contribution in [2.75, 3.05) is 0 Å². The fraction of sp³-hybridized carbons (Fsp3) is 0.130. The van der Waals surface area contributed by atoms with Gasteiger partial charge in [-0.05, 0) is 23.3 Å². The van der Waals surface area contributed by atoms with Crippen LogP contribution in [0.2, 0.25) is 0 Å². The van der Waals surface area contributed by atoms with Gasteiger partial charge in [-0.1, -0.05) is 71.9 Å². The highest BCUT2D eigenvalue weighted by molar-refractivity contribution is 5.68. The lowest BCUT2D eigenvalue weighted by Gasteiger charge is -2.15. The summed E-state index contributed by atoms with van der Waals surface area (Å²) in [5, 5.41) is 4.03. The van der Waals surface area contributed by atoms with Crippen molar-refractivity contribution in [3.63, 3.8) is 0 Å². The number of hydrogen-bond donors (Lipinski definition) is 1. The summed E-state index contributed by atoms with van der Waals surface area (Å²) in [6.07, 6.45) is 0. The van der Waals surface area contributed by atoms with Crippen LogP contribution in [0.25, 0.3) is 11.4 Å². The average molecular weight is 387 g/mol. The number of nitrogens with zero attached hydrogens (tertiary/aromatic N) is 2. The van der Waals surface area contributed by atoms with Crippen molar-refractivity contribution in [2.45, 2.75) is 19.8 Å². The zero-order valence-corrected chi connectivity index (χ0v) is 15.8. The molecule has 0 unspecified atom stereocenters. The molecule has 1 heterocycles. The standard InChI is InChI=1S/C23H21N3O3/c24-14-21-25-23(26-29-21)19-12-7-13-20(27-15-17-8-3-1-4-9-17)22(19)28-16-18-10-5-2-6-11-18/h1-13H,14-16,24H2. The third kappa shape index (κ3) is 4.62. The molecule has 6 heteroatoms. The maximum Gasteiger partial charge on any atom is 0.240 e. The van der Waals surface area contributed by atoms with Crippen LogP contribution in [0.5, 0.6) is 11.5 Å². The number of para-hydroxylation sites is 1. The topological polar surface area (TPSA) is 83.4 Å². The predicted octanol–water partition coefficient (Wildman–Crippen LogP) is 4.35. The Morgan fingerprint density at radius 2 is 1.41 bits per heavy atom. The van der Waals surface area contributed by atoms with Crippen molar-refractivity contribution < 1.29 is 14.0 Å². The van der Waals surface area contributed by atoms with E-state index >= 15 is 0 Å². The molecule has 0 radical (unpaired) electrons. The van der Waals surface area contributed by atoms with Crippen molar-refractivity contribution in [2.24, 2.45) is 5.73 Å². The second kappa shape index (κ2) is 9.03. The Balaban J connectivity index is 1.64. The van der Waals surface area contributed by atoms with E-state index in [0.717, 1.165) is 11.1 Å². The maximum absolute atomic E-state index is 6.16. The normalized spacial score (nSPS) is 10.7. The number of rotatable bonds is 8. The molecule has 1 aromatic heterocycles. The van der Waals surface area contributed by atoms with Gasteiger partial charge in [0.2, 0.25) is 11.7 Å². The molecule has 0 amide bonds. The van der Waals surface area contributed by atoms with Gasteiger partial charge < -0.3 is 19.7 Å². The van der Waals surface area contributed by atoms with E-state index in [9.17, 15) is 0 Å². The highest BCUT2D eigenvalue weighted by Gasteiger charge is 2.18. The summed E-state index contributed by atoms with van der Waals surface area (Å²) >= 11 is 0. The van der Waals surface area contributed by atoms with Gasteiger partial charge in [0.05, 0.1) is 12.1 Å². The zero-order valence-electron chi connectivity index (χ0n) is 15.8. The van der Waals surface area contributed by atoms with Gasteiger partial charge in [-0.25, -0.2) is 0 Å². The van der Waals surface area contributed by atoms with Gasteiger partial charge in [-0.2, -0.15) is 4.98 Å². The summed E-state index contributed by atoms with van der Waals surface area (Å²) in [4.78, 5) is 4.34. The summed E-state index contributed by atoms with van der Waals surface area (Å²) in [7, 11) is 0. The van der Waals surface area contributed by atoms with Crippen LogP contribution in [0.4, 0.5) is 0 Å². The second-order valence-corrected chi connectivity index (χ2v) is 6.40. The van der Waals surface area contributed by atoms with Crippen LogP contribution >= 0.6 is 0 Å². The Morgan fingerprint density at radius 3 is 2.03 bits per heavy atom. The molecule has 3 aromatic carbocycles. The summed E-state index contributed by atoms with van der Waals surface area (Å²) < 4.78 is 17.4. The number of ether oxygens (including phenoxy) is 2. The quantitative estimate of drug-likeness (QED) is 0.484. The summed E-state index contributed by atoms with van der Waals surface area (Å²) in [5.74, 6) is 1.96. The van der Waals surface area contributed by atoms with Crippen LogP contribution in [0, 0.1) is 0 Å². The molecule has 0 saturated carbocycles. The van der Waals surface area contributed by atoms with Gasteiger partial charge in [-0.15, -0.1) is 0 Å². The molecule has 2 N–H and O–H groups in total. The number of hydrogen-bond acceptors (Lipinski definition) is 6. The van der Waals surface area contributed by atoms with Gasteiger partial charge in [0, 0.05) is 0 Å². The van der Waals surface area contributed by atoms with E-state index in [0.29, 0.717) is 42.0 Å². The first-order valence-corrected chi connectivity index (χ1v) is 9.33. The van der Waals surface area contributed by atoms with Crippen LogP contribution in [-0.4, -0.2) is 10.1 Å². The lowest BCUT2D eigenvalue weighted by atomic mass is 10.1. The van der Waals surface area contributed by atoms with E-state index in [1.807, 2.05) is 78.9 Å². The molecule has 29 heavy (non-hydrogen) atoms. The fourth-order valence-corrected chi connectivity index (χ4v) is 2.87. The first kappa shape index (κ1) is 18.7. The average Bonchev–Trinajstić information content (AvgIpc) is 3.27. The lowest BCUT2D eigenvalue weighted by molar-refractivity contribution is 0.256. The Kier molecular flexibility index (Phi) is 5.83. The van der Waals surface area contributed by atoms with Crippen LogP contribution in [0.3, 0.4) is 0 Å². The number of nitrogens with two attached hydrogens (primary N) is 1. The smallest absolute Gasteiger partial charge is 0.240 e. The highest BCUT2D eigenvalue weighted by Crippen LogP contribution is 2.38. The molecule has 0 saturated heterocycles. The van der Waals surface area contributed by atoms with Gasteiger partial charge in [0.25, 0.3) is 0 Å². The molecule has 0 bridgehead atoms. The van der Waals surface area contributed by atoms with Crippen molar-refractivity contribution in [1.29, 1.82) is 0 Å². The molecular formula is C23H21N3O3. The summed E-state index contributed by atoms with van der Waals surface area (Å²) in [6, 6.07) is 25.5. The molecule has 4 rings (SSSR count). The molecule has 4 aromatic rings. The minimum Gasteiger partial charge on any atom is -0.485 e. The Hall–Kier alpha value is -3.64.